The quantitative estimate of drug-likeness (QED) is 0.410. The molecule has 0 aromatic carbocycles. The standard InChI is InChI=1S/C11H23NO4Si/c1-9(13)11(2,16-17(5,6)7)10(14)12(3)8-15-4/h8H2,1-7H3. The van der Waals surface area contributed by atoms with Gasteiger partial charge in [0.15, 0.2) is 19.7 Å². The highest BCUT2D eigenvalue weighted by Gasteiger charge is 2.44. The number of ether oxygens (including phenoxy) is 1. The van der Waals surface area contributed by atoms with Gasteiger partial charge in [0.05, 0.1) is 0 Å². The third kappa shape index (κ3) is 4.57. The van der Waals surface area contributed by atoms with Gasteiger partial charge in [-0.2, -0.15) is 0 Å². The Hall–Kier alpha value is -0.723. The number of amides is 1. The molecule has 17 heavy (non-hydrogen) atoms. The van der Waals surface area contributed by atoms with E-state index < -0.39 is 13.9 Å². The van der Waals surface area contributed by atoms with Crippen LogP contribution in [0.25, 0.3) is 0 Å². The fraction of sp³-hybridized carbons (Fsp3) is 0.818. The van der Waals surface area contributed by atoms with Gasteiger partial charge in [-0.25, -0.2) is 0 Å². The Kier molecular flexibility index (Phi) is 5.50. The number of Topliss-reactive ketones (excluding diaryl/α,β-unsaturated/α-hetero) is 1. The van der Waals surface area contributed by atoms with Gasteiger partial charge in [0.1, 0.15) is 6.73 Å². The third-order valence-corrected chi connectivity index (χ3v) is 3.28. The zero-order chi connectivity index (χ0) is 13.9. The van der Waals surface area contributed by atoms with Gasteiger partial charge in [0, 0.05) is 14.2 Å². The number of rotatable bonds is 6. The first-order chi connectivity index (χ1) is 7.54. The molecule has 0 spiro atoms. The van der Waals surface area contributed by atoms with Crippen molar-refractivity contribution in [2.75, 3.05) is 20.9 Å². The Morgan fingerprint density at radius 3 is 2.06 bits per heavy atom. The first-order valence-electron chi connectivity index (χ1n) is 5.50. The van der Waals surface area contributed by atoms with Crippen LogP contribution in [0.4, 0.5) is 0 Å². The molecule has 0 aliphatic heterocycles. The molecular weight excluding hydrogens is 238 g/mol. The molecule has 0 aromatic rings. The highest BCUT2D eigenvalue weighted by Crippen LogP contribution is 2.21. The van der Waals surface area contributed by atoms with Crippen molar-refractivity contribution >= 4 is 20.0 Å². The predicted octanol–water partition coefficient (Wildman–Crippen LogP) is 1.25. The molecule has 0 aromatic heterocycles. The molecule has 6 heteroatoms. The van der Waals surface area contributed by atoms with Crippen molar-refractivity contribution in [2.24, 2.45) is 0 Å². The Morgan fingerprint density at radius 2 is 1.76 bits per heavy atom. The van der Waals surface area contributed by atoms with Crippen molar-refractivity contribution in [1.29, 1.82) is 0 Å². The zero-order valence-electron chi connectivity index (χ0n) is 11.8. The van der Waals surface area contributed by atoms with Crippen LogP contribution in [0.5, 0.6) is 0 Å². The molecule has 0 aliphatic rings. The van der Waals surface area contributed by atoms with E-state index in [9.17, 15) is 9.59 Å². The van der Waals surface area contributed by atoms with Gasteiger partial charge >= 0.3 is 0 Å². The van der Waals surface area contributed by atoms with Crippen LogP contribution in [-0.2, 0) is 18.8 Å². The van der Waals surface area contributed by atoms with E-state index in [1.54, 1.807) is 7.05 Å². The van der Waals surface area contributed by atoms with Crippen molar-refractivity contribution in [3.8, 4) is 0 Å². The summed E-state index contributed by atoms with van der Waals surface area (Å²) in [5.41, 5.74) is -1.41. The molecule has 0 saturated carbocycles. The summed E-state index contributed by atoms with van der Waals surface area (Å²) in [5.74, 6) is -0.651. The summed E-state index contributed by atoms with van der Waals surface area (Å²) in [6, 6.07) is 0. The number of carbonyl (C=O) groups excluding carboxylic acids is 2. The van der Waals surface area contributed by atoms with Crippen LogP contribution >= 0.6 is 0 Å². The lowest BCUT2D eigenvalue weighted by Gasteiger charge is -2.35. The van der Waals surface area contributed by atoms with Crippen LogP contribution in [0.3, 0.4) is 0 Å². The van der Waals surface area contributed by atoms with Gasteiger partial charge in [-0.3, -0.25) is 9.59 Å². The van der Waals surface area contributed by atoms with Crippen LogP contribution in [0.2, 0.25) is 19.6 Å². The second-order valence-corrected chi connectivity index (χ2v) is 9.65. The minimum absolute atomic E-state index is 0.136. The van der Waals surface area contributed by atoms with Gasteiger partial charge in [0.25, 0.3) is 5.91 Å². The topological polar surface area (TPSA) is 55.8 Å². The fourth-order valence-electron chi connectivity index (χ4n) is 1.49. The number of carbonyl (C=O) groups is 2. The second-order valence-electron chi connectivity index (χ2n) is 5.22. The molecule has 1 amide bonds. The number of likely N-dealkylation sites (N-methyl/N-ethyl adjacent to an activating group) is 1. The maximum absolute atomic E-state index is 12.2. The van der Waals surface area contributed by atoms with Crippen LogP contribution in [0.15, 0.2) is 0 Å². The Bertz CT molecular complexity index is 300. The molecule has 0 saturated heterocycles. The lowest BCUT2D eigenvalue weighted by atomic mass is 10.0. The molecular formula is C11H23NO4Si. The molecule has 5 nitrogen and oxygen atoms in total. The Balaban J connectivity index is 5.08. The SMILES string of the molecule is COCN(C)C(=O)C(C)(O[Si](C)(C)C)C(C)=O. The van der Waals surface area contributed by atoms with Crippen molar-refractivity contribution in [3.05, 3.63) is 0 Å². The molecule has 100 valence electrons. The van der Waals surface area contributed by atoms with E-state index in [4.69, 9.17) is 9.16 Å². The minimum atomic E-state index is -2.00. The summed E-state index contributed by atoms with van der Waals surface area (Å²) in [6.07, 6.45) is 0. The second kappa shape index (κ2) is 5.75. The van der Waals surface area contributed by atoms with Gasteiger partial charge in [-0.1, -0.05) is 0 Å². The number of ketones is 1. The summed E-state index contributed by atoms with van der Waals surface area (Å²) < 4.78 is 10.6. The van der Waals surface area contributed by atoms with Crippen LogP contribution in [0, 0.1) is 0 Å². The maximum atomic E-state index is 12.2. The molecule has 0 radical (unpaired) electrons. The first-order valence-corrected chi connectivity index (χ1v) is 8.91. The molecule has 0 N–H and O–H groups in total. The molecule has 0 fully saturated rings. The summed E-state index contributed by atoms with van der Waals surface area (Å²) >= 11 is 0. The molecule has 0 aliphatic carbocycles. The van der Waals surface area contributed by atoms with Crippen molar-refractivity contribution in [2.45, 2.75) is 39.1 Å². The number of nitrogens with zero attached hydrogens (tertiary/aromatic N) is 1. The Morgan fingerprint density at radius 1 is 1.29 bits per heavy atom. The predicted molar refractivity (Wildman–Crippen MR) is 68.2 cm³/mol. The number of hydrogen-bond acceptors (Lipinski definition) is 4. The smallest absolute Gasteiger partial charge is 0.262 e. The molecule has 1 atom stereocenters. The summed E-state index contributed by atoms with van der Waals surface area (Å²) in [6.45, 7) is 8.87. The van der Waals surface area contributed by atoms with Gasteiger partial charge in [-0.05, 0) is 33.5 Å². The molecule has 0 rings (SSSR count). The average molecular weight is 261 g/mol. The number of hydrogen-bond donors (Lipinski definition) is 0. The van der Waals surface area contributed by atoms with E-state index in [2.05, 4.69) is 0 Å². The first kappa shape index (κ1) is 16.3. The monoisotopic (exact) mass is 261 g/mol. The summed E-state index contributed by atoms with van der Waals surface area (Å²) in [4.78, 5) is 25.2. The molecule has 0 bridgehead atoms. The fourth-order valence-corrected chi connectivity index (χ4v) is 2.95. The van der Waals surface area contributed by atoms with E-state index in [0.29, 0.717) is 0 Å². The van der Waals surface area contributed by atoms with Crippen LogP contribution in [-0.4, -0.2) is 51.4 Å². The van der Waals surface area contributed by atoms with E-state index in [-0.39, 0.29) is 18.4 Å². The average Bonchev–Trinajstić information content (AvgIpc) is 2.13. The normalized spacial score (nSPS) is 15.2. The summed E-state index contributed by atoms with van der Waals surface area (Å²) in [5, 5.41) is 0. The Labute approximate surface area is 104 Å². The molecule has 1 unspecified atom stereocenters. The summed E-state index contributed by atoms with van der Waals surface area (Å²) in [7, 11) is 1.08. The van der Waals surface area contributed by atoms with Gasteiger partial charge in [0.2, 0.25) is 0 Å². The maximum Gasteiger partial charge on any atom is 0.262 e. The van der Waals surface area contributed by atoms with E-state index >= 15 is 0 Å². The van der Waals surface area contributed by atoms with E-state index in [1.165, 1.54) is 25.9 Å². The van der Waals surface area contributed by atoms with Crippen molar-refractivity contribution < 1.29 is 18.8 Å². The van der Waals surface area contributed by atoms with E-state index in [1.807, 2.05) is 19.6 Å². The minimum Gasteiger partial charge on any atom is -0.398 e. The van der Waals surface area contributed by atoms with Gasteiger partial charge < -0.3 is 14.1 Å². The highest BCUT2D eigenvalue weighted by atomic mass is 28.4. The van der Waals surface area contributed by atoms with Crippen molar-refractivity contribution in [1.82, 2.24) is 4.90 Å². The highest BCUT2D eigenvalue weighted by molar-refractivity contribution is 6.70. The number of methoxy groups -OCH3 is 1. The van der Waals surface area contributed by atoms with Gasteiger partial charge in [-0.15, -0.1) is 0 Å². The third-order valence-electron chi connectivity index (χ3n) is 2.26. The lowest BCUT2D eigenvalue weighted by Crippen LogP contribution is -2.56. The van der Waals surface area contributed by atoms with Crippen LogP contribution < -0.4 is 0 Å². The van der Waals surface area contributed by atoms with E-state index in [0.717, 1.165) is 0 Å². The molecule has 0 heterocycles. The van der Waals surface area contributed by atoms with Crippen molar-refractivity contribution in [3.63, 3.8) is 0 Å². The zero-order valence-corrected chi connectivity index (χ0v) is 12.8. The largest absolute Gasteiger partial charge is 0.398 e. The van der Waals surface area contributed by atoms with Crippen LogP contribution in [0.1, 0.15) is 13.8 Å². The lowest BCUT2D eigenvalue weighted by molar-refractivity contribution is -0.157.